The molecule has 3 aromatic rings. The van der Waals surface area contributed by atoms with Crippen molar-refractivity contribution in [3.63, 3.8) is 0 Å². The molecule has 1 aromatic carbocycles. The van der Waals surface area contributed by atoms with Gasteiger partial charge < -0.3 is 19.4 Å². The molecule has 2 aromatic heterocycles. The molecule has 0 N–H and O–H groups in total. The maximum Gasteiger partial charge on any atom is 0.260 e. The van der Waals surface area contributed by atoms with Gasteiger partial charge in [-0.1, -0.05) is 6.07 Å². The summed E-state index contributed by atoms with van der Waals surface area (Å²) in [6.07, 6.45) is 8.76. The highest BCUT2D eigenvalue weighted by molar-refractivity contribution is 6.00. The molecule has 10 nitrogen and oxygen atoms in total. The summed E-state index contributed by atoms with van der Waals surface area (Å²) in [5, 5.41) is 4.26. The third-order valence-corrected chi connectivity index (χ3v) is 7.22. The number of aliphatic imine (C=N–C) groups is 1. The van der Waals surface area contributed by atoms with Crippen LogP contribution in [-0.4, -0.2) is 82.1 Å². The standard InChI is InChI=1S/C28H36N8O2/c1-21(23-17-31-33(3)18-23)32-27-22(2)29-20-30-28(27)36-14-12-34(13-15-36)24-8-7-9-25(16-24)38-19-26(37)35-10-5-4-6-11-35/h7-9,16-18,20H,4-6,10-15,19H2,1-3H3. The molecule has 0 atom stereocenters. The number of carbonyl (C=O) groups excluding carboxylic acids is 1. The second-order valence-corrected chi connectivity index (χ2v) is 9.93. The van der Waals surface area contributed by atoms with E-state index in [-0.39, 0.29) is 12.5 Å². The predicted molar refractivity (Wildman–Crippen MR) is 149 cm³/mol. The molecule has 2 saturated heterocycles. The molecule has 0 aliphatic carbocycles. The van der Waals surface area contributed by atoms with E-state index in [0.29, 0.717) is 0 Å². The van der Waals surface area contributed by atoms with E-state index < -0.39 is 0 Å². The Balaban J connectivity index is 1.23. The van der Waals surface area contributed by atoms with Crippen molar-refractivity contribution < 1.29 is 9.53 Å². The monoisotopic (exact) mass is 516 g/mol. The molecule has 200 valence electrons. The summed E-state index contributed by atoms with van der Waals surface area (Å²) in [6.45, 7) is 9.02. The molecule has 4 heterocycles. The lowest BCUT2D eigenvalue weighted by Gasteiger charge is -2.37. The van der Waals surface area contributed by atoms with Gasteiger partial charge in [0.1, 0.15) is 17.8 Å². The first-order chi connectivity index (χ1) is 18.5. The lowest BCUT2D eigenvalue weighted by Crippen LogP contribution is -2.47. The Hall–Kier alpha value is -3.95. The van der Waals surface area contributed by atoms with Gasteiger partial charge in [-0.3, -0.25) is 9.48 Å². The molecule has 0 bridgehead atoms. The molecule has 0 radical (unpaired) electrons. The van der Waals surface area contributed by atoms with Crippen LogP contribution in [0.25, 0.3) is 0 Å². The first kappa shape index (κ1) is 25.7. The Morgan fingerprint density at radius 2 is 1.79 bits per heavy atom. The smallest absolute Gasteiger partial charge is 0.260 e. The van der Waals surface area contributed by atoms with Gasteiger partial charge in [0.05, 0.1) is 11.9 Å². The lowest BCUT2D eigenvalue weighted by atomic mass is 10.1. The fourth-order valence-electron chi connectivity index (χ4n) is 4.98. The summed E-state index contributed by atoms with van der Waals surface area (Å²) < 4.78 is 7.65. The quantitative estimate of drug-likeness (QED) is 0.445. The van der Waals surface area contributed by atoms with Gasteiger partial charge in [-0.05, 0) is 45.2 Å². The Kier molecular flexibility index (Phi) is 7.86. The SMILES string of the molecule is CC(=Nc1c(C)ncnc1N1CCN(c2cccc(OCC(=O)N3CCCCC3)c2)CC1)c1cnn(C)c1. The molecule has 0 spiro atoms. The lowest BCUT2D eigenvalue weighted by molar-refractivity contribution is -0.134. The summed E-state index contributed by atoms with van der Waals surface area (Å²) in [4.78, 5) is 33.0. The van der Waals surface area contributed by atoms with Gasteiger partial charge in [-0.15, -0.1) is 0 Å². The number of amides is 1. The molecule has 0 saturated carbocycles. The van der Waals surface area contributed by atoms with E-state index >= 15 is 0 Å². The molecule has 2 fully saturated rings. The number of aryl methyl sites for hydroxylation is 2. The third-order valence-electron chi connectivity index (χ3n) is 7.22. The Morgan fingerprint density at radius 3 is 2.53 bits per heavy atom. The Labute approximate surface area is 224 Å². The van der Waals surface area contributed by atoms with Crippen LogP contribution in [0.3, 0.4) is 0 Å². The molecule has 5 rings (SSSR count). The minimum absolute atomic E-state index is 0.0705. The summed E-state index contributed by atoms with van der Waals surface area (Å²) in [5.41, 5.74) is 4.61. The number of anilines is 2. The van der Waals surface area contributed by atoms with Crippen molar-refractivity contribution >= 4 is 28.8 Å². The molecule has 1 amide bonds. The predicted octanol–water partition coefficient (Wildman–Crippen LogP) is 3.38. The molecule has 2 aliphatic rings. The first-order valence-corrected chi connectivity index (χ1v) is 13.3. The second kappa shape index (κ2) is 11.6. The maximum absolute atomic E-state index is 12.5. The minimum Gasteiger partial charge on any atom is -0.484 e. The average Bonchev–Trinajstić information content (AvgIpc) is 3.40. The van der Waals surface area contributed by atoms with Gasteiger partial charge in [0, 0.05) is 75.5 Å². The highest BCUT2D eigenvalue weighted by Gasteiger charge is 2.23. The van der Waals surface area contributed by atoms with Gasteiger partial charge >= 0.3 is 0 Å². The first-order valence-electron chi connectivity index (χ1n) is 13.3. The van der Waals surface area contributed by atoms with E-state index in [2.05, 4.69) is 30.9 Å². The van der Waals surface area contributed by atoms with Gasteiger partial charge in [-0.25, -0.2) is 15.0 Å². The number of likely N-dealkylation sites (tertiary alicyclic amines) is 1. The summed E-state index contributed by atoms with van der Waals surface area (Å²) in [5.74, 6) is 1.65. The zero-order valence-corrected chi connectivity index (χ0v) is 22.5. The second-order valence-electron chi connectivity index (χ2n) is 9.93. The van der Waals surface area contributed by atoms with Crippen LogP contribution in [-0.2, 0) is 11.8 Å². The van der Waals surface area contributed by atoms with Crippen LogP contribution in [0.1, 0.15) is 37.4 Å². The summed E-state index contributed by atoms with van der Waals surface area (Å²) in [7, 11) is 1.90. The molecule has 0 unspecified atom stereocenters. The van der Waals surface area contributed by atoms with Gasteiger partial charge in [0.15, 0.2) is 12.4 Å². The molecular formula is C28H36N8O2. The number of piperidine rings is 1. The zero-order chi connectivity index (χ0) is 26.5. The van der Waals surface area contributed by atoms with Crippen molar-refractivity contribution in [2.75, 3.05) is 55.7 Å². The van der Waals surface area contributed by atoms with Crippen LogP contribution in [0.15, 0.2) is 48.0 Å². The maximum atomic E-state index is 12.5. The van der Waals surface area contributed by atoms with Gasteiger partial charge in [-0.2, -0.15) is 5.10 Å². The summed E-state index contributed by atoms with van der Waals surface area (Å²) in [6, 6.07) is 8.03. The van der Waals surface area contributed by atoms with Crippen LogP contribution < -0.4 is 14.5 Å². The summed E-state index contributed by atoms with van der Waals surface area (Å²) >= 11 is 0. The van der Waals surface area contributed by atoms with Crippen molar-refractivity contribution in [2.24, 2.45) is 12.0 Å². The van der Waals surface area contributed by atoms with Crippen LogP contribution in [0, 0.1) is 6.92 Å². The van der Waals surface area contributed by atoms with Crippen LogP contribution >= 0.6 is 0 Å². The third kappa shape index (κ3) is 5.95. The zero-order valence-electron chi connectivity index (χ0n) is 22.5. The number of nitrogens with zero attached hydrogens (tertiary/aromatic N) is 8. The van der Waals surface area contributed by atoms with Crippen molar-refractivity contribution in [1.29, 1.82) is 0 Å². The number of piperazine rings is 1. The molecular weight excluding hydrogens is 480 g/mol. The number of hydrogen-bond acceptors (Lipinski definition) is 8. The van der Waals surface area contributed by atoms with Crippen LogP contribution in [0.4, 0.5) is 17.2 Å². The highest BCUT2D eigenvalue weighted by Crippen LogP contribution is 2.31. The largest absolute Gasteiger partial charge is 0.484 e. The number of aromatic nitrogens is 4. The van der Waals surface area contributed by atoms with Gasteiger partial charge in [0.2, 0.25) is 0 Å². The van der Waals surface area contributed by atoms with E-state index in [1.807, 2.05) is 56.4 Å². The number of hydrogen-bond donors (Lipinski definition) is 0. The van der Waals surface area contributed by atoms with Crippen molar-refractivity contribution in [3.8, 4) is 5.75 Å². The van der Waals surface area contributed by atoms with Gasteiger partial charge in [0.25, 0.3) is 5.91 Å². The molecule has 2 aliphatic heterocycles. The highest BCUT2D eigenvalue weighted by atomic mass is 16.5. The number of rotatable bonds is 7. The van der Waals surface area contributed by atoms with Crippen molar-refractivity contribution in [1.82, 2.24) is 24.6 Å². The Bertz CT molecular complexity index is 1290. The Morgan fingerprint density at radius 1 is 1.03 bits per heavy atom. The van der Waals surface area contributed by atoms with E-state index in [9.17, 15) is 4.79 Å². The normalized spacial score (nSPS) is 16.6. The average molecular weight is 517 g/mol. The van der Waals surface area contributed by atoms with Crippen LogP contribution in [0.2, 0.25) is 0 Å². The number of ether oxygens (including phenoxy) is 1. The number of benzene rings is 1. The molecule has 10 heteroatoms. The molecule has 38 heavy (non-hydrogen) atoms. The van der Waals surface area contributed by atoms with E-state index in [4.69, 9.17) is 9.73 Å². The van der Waals surface area contributed by atoms with Crippen LogP contribution in [0.5, 0.6) is 5.75 Å². The van der Waals surface area contributed by atoms with E-state index in [1.54, 1.807) is 11.0 Å². The fraction of sp³-hybridized carbons (Fsp3) is 0.464. The van der Waals surface area contributed by atoms with Crippen molar-refractivity contribution in [2.45, 2.75) is 33.1 Å². The van der Waals surface area contributed by atoms with Crippen molar-refractivity contribution in [3.05, 3.63) is 54.2 Å². The minimum atomic E-state index is 0.0705. The topological polar surface area (TPSA) is 92.0 Å². The van der Waals surface area contributed by atoms with E-state index in [1.165, 1.54) is 6.42 Å². The fourth-order valence-corrected chi connectivity index (χ4v) is 4.98. The van der Waals surface area contributed by atoms with E-state index in [0.717, 1.165) is 92.0 Å². The number of carbonyl (C=O) groups is 1.